The van der Waals surface area contributed by atoms with Gasteiger partial charge in [-0.05, 0) is 96.8 Å². The molecule has 1 fully saturated rings. The lowest BCUT2D eigenvalue weighted by atomic mass is 9.81. The second kappa shape index (κ2) is 21.9. The molecule has 0 aromatic heterocycles. The number of aliphatic carboxylic acids is 1. The van der Waals surface area contributed by atoms with Gasteiger partial charge in [0.2, 0.25) is 23.6 Å². The summed E-state index contributed by atoms with van der Waals surface area (Å²) in [6.45, 7) is -0.822. The maximum absolute atomic E-state index is 14.1. The highest BCUT2D eigenvalue weighted by Crippen LogP contribution is 2.43. The molecular formula is C56H56N8O12. The Balaban J connectivity index is 0.821. The van der Waals surface area contributed by atoms with E-state index in [9.17, 15) is 38.7 Å². The largest absolute Gasteiger partial charge is 0.493 e. The average Bonchev–Trinajstić information content (AvgIpc) is 3.96. The Labute approximate surface area is 437 Å². The van der Waals surface area contributed by atoms with Crippen LogP contribution in [0, 0.1) is 11.8 Å². The first kappa shape index (κ1) is 50.6. The number of nitrogens with zero attached hydrogens (tertiary/aromatic N) is 3. The van der Waals surface area contributed by atoms with Gasteiger partial charge in [0.25, 0.3) is 11.8 Å². The van der Waals surface area contributed by atoms with E-state index in [1.54, 1.807) is 47.5 Å². The summed E-state index contributed by atoms with van der Waals surface area (Å²) in [4.78, 5) is 98.9. The molecule has 4 aliphatic heterocycles. The molecule has 0 unspecified atom stereocenters. The molecule has 76 heavy (non-hydrogen) atoms. The predicted molar refractivity (Wildman–Crippen MR) is 280 cm³/mol. The lowest BCUT2D eigenvalue weighted by molar-refractivity contribution is -0.144. The molecule has 20 nitrogen and oxygen atoms in total. The minimum atomic E-state index is -0.880. The van der Waals surface area contributed by atoms with Crippen LogP contribution in [0.15, 0.2) is 96.0 Å². The van der Waals surface area contributed by atoms with E-state index in [0.717, 1.165) is 28.9 Å². The van der Waals surface area contributed by atoms with E-state index < -0.39 is 48.6 Å². The van der Waals surface area contributed by atoms with Crippen LogP contribution in [0.3, 0.4) is 0 Å². The van der Waals surface area contributed by atoms with E-state index in [2.05, 4.69) is 26.6 Å². The van der Waals surface area contributed by atoms with Crippen molar-refractivity contribution < 1.29 is 57.6 Å². The maximum Gasteiger partial charge on any atom is 0.306 e. The molecule has 1 saturated carbocycles. The highest BCUT2D eigenvalue weighted by Gasteiger charge is 2.39. The number of rotatable bonds is 17. The summed E-state index contributed by atoms with van der Waals surface area (Å²) >= 11 is 0. The minimum Gasteiger partial charge on any atom is -0.493 e. The molecule has 2 atom stereocenters. The predicted octanol–water partition coefficient (Wildman–Crippen LogP) is 5.32. The molecule has 0 spiro atoms. The summed E-state index contributed by atoms with van der Waals surface area (Å²) in [5, 5.41) is 22.9. The first-order valence-corrected chi connectivity index (χ1v) is 25.1. The normalized spacial score (nSPS) is 18.7. The van der Waals surface area contributed by atoms with Crippen molar-refractivity contribution in [3.63, 3.8) is 0 Å². The van der Waals surface area contributed by atoms with Crippen LogP contribution in [0.25, 0.3) is 0 Å². The maximum atomic E-state index is 14.1. The summed E-state index contributed by atoms with van der Waals surface area (Å²) in [6, 6.07) is 27.3. The van der Waals surface area contributed by atoms with Crippen molar-refractivity contribution >= 4 is 76.1 Å². The number of hydrogen-bond acceptors (Lipinski definition) is 13. The van der Waals surface area contributed by atoms with Gasteiger partial charge in [0.05, 0.1) is 74.4 Å². The topological polar surface area (TPSA) is 256 Å². The zero-order valence-corrected chi connectivity index (χ0v) is 41.8. The van der Waals surface area contributed by atoms with Gasteiger partial charge in [-0.2, -0.15) is 0 Å². The Kier molecular flexibility index (Phi) is 14.6. The number of nitrogens with one attached hydrogen (secondary N) is 5. The number of aliphatic imine (C=N–C) groups is 1. The van der Waals surface area contributed by atoms with E-state index in [1.807, 2.05) is 59.5 Å². The number of methoxy groups -OCH3 is 2. The second-order valence-electron chi connectivity index (χ2n) is 19.3. The van der Waals surface area contributed by atoms with Crippen molar-refractivity contribution in [2.24, 2.45) is 16.8 Å². The Morgan fingerprint density at radius 2 is 1.21 bits per heavy atom. The van der Waals surface area contributed by atoms with Crippen molar-refractivity contribution in [1.82, 2.24) is 16.0 Å². The summed E-state index contributed by atoms with van der Waals surface area (Å²) in [6.07, 6.45) is 4.72. The van der Waals surface area contributed by atoms with E-state index in [0.29, 0.717) is 101 Å². The van der Waals surface area contributed by atoms with Crippen LogP contribution in [0.1, 0.15) is 68.7 Å². The van der Waals surface area contributed by atoms with Crippen LogP contribution in [-0.4, -0.2) is 105 Å². The van der Waals surface area contributed by atoms with Crippen LogP contribution in [0.2, 0.25) is 0 Å². The molecule has 4 heterocycles. The number of para-hydroxylation sites is 2. The highest BCUT2D eigenvalue weighted by molar-refractivity contribution is 6.15. The zero-order valence-electron chi connectivity index (χ0n) is 41.8. The number of fused-ring (bicyclic) bond motifs is 8. The quantitative estimate of drug-likeness (QED) is 0.0690. The lowest BCUT2D eigenvalue weighted by Crippen LogP contribution is -2.44. The van der Waals surface area contributed by atoms with Gasteiger partial charge in [-0.15, -0.1) is 0 Å². The molecule has 0 radical (unpaired) electrons. The van der Waals surface area contributed by atoms with Crippen LogP contribution in [0.4, 0.5) is 28.4 Å². The Bertz CT molecular complexity index is 3190. The number of carboxylic acids is 1. The molecule has 5 aromatic carbocycles. The van der Waals surface area contributed by atoms with E-state index in [-0.39, 0.29) is 49.6 Å². The Morgan fingerprint density at radius 1 is 0.645 bits per heavy atom. The second-order valence-corrected chi connectivity index (χ2v) is 19.3. The molecular weight excluding hydrogens is 977 g/mol. The van der Waals surface area contributed by atoms with Gasteiger partial charge in [-0.25, -0.2) is 0 Å². The number of carboxylic acid groups (broad SMARTS) is 1. The fourth-order valence-electron chi connectivity index (χ4n) is 10.5. The molecule has 0 bridgehead atoms. The van der Waals surface area contributed by atoms with Gasteiger partial charge < -0.3 is 55.5 Å². The highest BCUT2D eigenvalue weighted by atomic mass is 16.5. The van der Waals surface area contributed by atoms with Crippen molar-refractivity contribution in [3.05, 3.63) is 124 Å². The number of benzene rings is 5. The third-order valence-corrected chi connectivity index (χ3v) is 14.4. The third-order valence-electron chi connectivity index (χ3n) is 14.4. The number of amides is 6. The fourth-order valence-corrected chi connectivity index (χ4v) is 10.5. The third kappa shape index (κ3) is 10.7. The average molecular weight is 1030 g/mol. The monoisotopic (exact) mass is 1030 g/mol. The lowest BCUT2D eigenvalue weighted by Gasteiger charge is -2.25. The van der Waals surface area contributed by atoms with Gasteiger partial charge in [0.15, 0.2) is 23.0 Å². The van der Waals surface area contributed by atoms with Gasteiger partial charge in [0, 0.05) is 54.3 Å². The number of hydrogen-bond donors (Lipinski definition) is 6. The van der Waals surface area contributed by atoms with Crippen molar-refractivity contribution in [2.75, 3.05) is 60.8 Å². The standard InChI is InChI=1S/C56H56N8O12/c1-73-46-20-40-42(57-24-38-18-35-7-3-5-9-44(35)63(38)54(40)69)22-48(46)75-29-31-15-32(30-76-49-23-43-41(21-47(49)74-2)55(70)64-39(25-58-43)19-36-8-4-6-10-45(36)64)17-37(16-31)62-52(67)28-60-50(65)26-59-51(66)27-61-53(68)33-11-13-34(14-12-33)56(71)72/h3-10,15-17,20-24,33-34,38-39,58H,11-14,18-19,25-30H2,1-2H3,(H,59,66)(H,60,65)(H,61,68)(H,62,67)(H,71,72)/t33?,34?,38-,39-/m0/s1. The molecule has 392 valence electrons. The Hall–Kier alpha value is -8.94. The molecule has 1 aliphatic carbocycles. The number of carbonyl (C=O) groups excluding carboxylic acids is 6. The molecule has 5 aliphatic rings. The SMILES string of the molecule is COc1cc2c(cc1OCc1cc(COc3cc4c(cc3OC)C(=O)N3c5ccccc5C[C@H]3CN4)cc(NC(=O)CNC(=O)CNC(=O)CNC(=O)C3CCC(C(=O)O)CC3)c1)N=C[C@@H]1Cc3ccccc3N1C2=O. The number of anilines is 4. The number of ether oxygens (including phenoxy) is 4. The fraction of sp³-hybridized carbons (Fsp3) is 0.321. The summed E-state index contributed by atoms with van der Waals surface area (Å²) in [5.41, 5.74) is 7.24. The van der Waals surface area contributed by atoms with Gasteiger partial charge in [-0.1, -0.05) is 36.4 Å². The van der Waals surface area contributed by atoms with Crippen LogP contribution < -0.4 is 55.3 Å². The van der Waals surface area contributed by atoms with Gasteiger partial charge in [-0.3, -0.25) is 43.5 Å². The molecule has 5 aromatic rings. The van der Waals surface area contributed by atoms with Crippen LogP contribution >= 0.6 is 0 Å². The summed E-state index contributed by atoms with van der Waals surface area (Å²) < 4.78 is 24.3. The first-order chi connectivity index (χ1) is 36.8. The minimum absolute atomic E-state index is 0.0234. The molecule has 0 saturated heterocycles. The van der Waals surface area contributed by atoms with Crippen LogP contribution in [-0.2, 0) is 50.0 Å². The molecule has 6 N–H and O–H groups in total. The summed E-state index contributed by atoms with van der Waals surface area (Å²) in [7, 11) is 2.98. The van der Waals surface area contributed by atoms with E-state index >= 15 is 0 Å². The smallest absolute Gasteiger partial charge is 0.306 e. The van der Waals surface area contributed by atoms with Crippen molar-refractivity contribution in [1.29, 1.82) is 0 Å². The van der Waals surface area contributed by atoms with Crippen LogP contribution in [0.5, 0.6) is 23.0 Å². The first-order valence-electron chi connectivity index (χ1n) is 25.1. The molecule has 6 amide bonds. The molecule has 20 heteroatoms. The van der Waals surface area contributed by atoms with E-state index in [4.69, 9.17) is 23.9 Å². The zero-order chi connectivity index (χ0) is 53.0. The van der Waals surface area contributed by atoms with E-state index in [1.165, 1.54) is 14.2 Å². The summed E-state index contributed by atoms with van der Waals surface area (Å²) in [5.74, 6) is -2.99. The van der Waals surface area contributed by atoms with Crippen molar-refractivity contribution in [3.8, 4) is 23.0 Å². The van der Waals surface area contributed by atoms with Crippen molar-refractivity contribution in [2.45, 2.75) is 63.8 Å². The van der Waals surface area contributed by atoms with Gasteiger partial charge >= 0.3 is 5.97 Å². The Morgan fingerprint density at radius 3 is 1.87 bits per heavy atom. The molecule has 10 rings (SSSR count). The van der Waals surface area contributed by atoms with Gasteiger partial charge in [0.1, 0.15) is 13.2 Å². The number of carbonyl (C=O) groups is 7.